The molecule has 98 valence electrons. The zero-order chi connectivity index (χ0) is 13.2. The lowest BCUT2D eigenvalue weighted by atomic mass is 9.88. The van der Waals surface area contributed by atoms with E-state index in [9.17, 15) is 4.79 Å². The van der Waals surface area contributed by atoms with Crippen LogP contribution in [0.25, 0.3) is 0 Å². The number of ether oxygens (including phenoxy) is 1. The minimum absolute atomic E-state index is 0.0721. The molecule has 3 N–H and O–H groups in total. The van der Waals surface area contributed by atoms with E-state index in [0.717, 1.165) is 11.1 Å². The fourth-order valence-corrected chi connectivity index (χ4v) is 1.89. The molecule has 18 heavy (non-hydrogen) atoms. The van der Waals surface area contributed by atoms with Gasteiger partial charge in [0, 0.05) is 12.0 Å². The van der Waals surface area contributed by atoms with Crippen LogP contribution < -0.4 is 11.1 Å². The number of aryl methyl sites for hydroxylation is 1. The summed E-state index contributed by atoms with van der Waals surface area (Å²) in [6, 6.07) is 7.12. The van der Waals surface area contributed by atoms with Crippen molar-refractivity contribution in [1.82, 2.24) is 5.32 Å². The van der Waals surface area contributed by atoms with Gasteiger partial charge in [0.05, 0.1) is 13.2 Å². The lowest BCUT2D eigenvalue weighted by Crippen LogP contribution is -2.50. The van der Waals surface area contributed by atoms with Crippen molar-refractivity contribution in [3.8, 4) is 0 Å². The number of nitrogens with one attached hydrogen (secondary N) is 1. The predicted molar refractivity (Wildman–Crippen MR) is 70.0 cm³/mol. The van der Waals surface area contributed by atoms with Crippen LogP contribution in [0.4, 0.5) is 0 Å². The van der Waals surface area contributed by atoms with Gasteiger partial charge in [0.25, 0.3) is 0 Å². The van der Waals surface area contributed by atoms with Gasteiger partial charge in [-0.3, -0.25) is 4.79 Å². The Morgan fingerprint density at radius 1 is 1.44 bits per heavy atom. The minimum Gasteiger partial charge on any atom is -0.380 e. The van der Waals surface area contributed by atoms with Gasteiger partial charge in [-0.1, -0.05) is 36.8 Å². The molecule has 2 rings (SSSR count). The number of carbonyl (C=O) groups excluding carboxylic acids is 1. The van der Waals surface area contributed by atoms with Crippen LogP contribution in [0.3, 0.4) is 0 Å². The molecule has 1 aliphatic heterocycles. The highest BCUT2D eigenvalue weighted by Gasteiger charge is 2.34. The lowest BCUT2D eigenvalue weighted by Gasteiger charge is -2.38. The molecule has 1 atom stereocenters. The zero-order valence-corrected chi connectivity index (χ0v) is 10.9. The number of hydrogen-bond acceptors (Lipinski definition) is 3. The number of hydrogen-bond donors (Lipinski definition) is 2. The van der Waals surface area contributed by atoms with Crippen LogP contribution in [0.5, 0.6) is 0 Å². The molecule has 0 aromatic heterocycles. The number of nitrogens with two attached hydrogens (primary N) is 1. The van der Waals surface area contributed by atoms with E-state index in [0.29, 0.717) is 19.8 Å². The maximum atomic E-state index is 11.9. The van der Waals surface area contributed by atoms with Crippen molar-refractivity contribution in [3.63, 3.8) is 0 Å². The number of benzene rings is 1. The summed E-state index contributed by atoms with van der Waals surface area (Å²) in [6.07, 6.45) is 0. The first-order valence-electron chi connectivity index (χ1n) is 6.18. The average molecular weight is 248 g/mol. The van der Waals surface area contributed by atoms with Gasteiger partial charge >= 0.3 is 0 Å². The van der Waals surface area contributed by atoms with Crippen LogP contribution in [-0.2, 0) is 9.53 Å². The van der Waals surface area contributed by atoms with Crippen molar-refractivity contribution in [2.24, 2.45) is 11.1 Å². The summed E-state index contributed by atoms with van der Waals surface area (Å²) in [4.78, 5) is 11.9. The third kappa shape index (κ3) is 2.89. The van der Waals surface area contributed by atoms with Gasteiger partial charge in [-0.05, 0) is 12.5 Å². The molecule has 1 fully saturated rings. The molecule has 1 aromatic rings. The highest BCUT2D eigenvalue weighted by Crippen LogP contribution is 2.25. The molecule has 1 unspecified atom stereocenters. The van der Waals surface area contributed by atoms with E-state index in [-0.39, 0.29) is 11.3 Å². The lowest BCUT2D eigenvalue weighted by molar-refractivity contribution is -0.128. The van der Waals surface area contributed by atoms with Gasteiger partial charge in [0.15, 0.2) is 0 Å². The Kier molecular flexibility index (Phi) is 3.68. The molecule has 0 bridgehead atoms. The molecule has 0 saturated carbocycles. The average Bonchev–Trinajstić information content (AvgIpc) is 2.33. The maximum absolute atomic E-state index is 11.9. The normalized spacial score (nSPS) is 18.8. The number of carbonyl (C=O) groups is 1. The number of rotatable bonds is 4. The van der Waals surface area contributed by atoms with E-state index in [4.69, 9.17) is 10.5 Å². The van der Waals surface area contributed by atoms with Gasteiger partial charge in [0.1, 0.15) is 6.04 Å². The van der Waals surface area contributed by atoms with Gasteiger partial charge in [-0.15, -0.1) is 0 Å². The van der Waals surface area contributed by atoms with Crippen molar-refractivity contribution >= 4 is 5.91 Å². The maximum Gasteiger partial charge on any atom is 0.241 e. The smallest absolute Gasteiger partial charge is 0.241 e. The Morgan fingerprint density at radius 2 is 2.06 bits per heavy atom. The molecule has 4 heteroatoms. The molecule has 1 amide bonds. The highest BCUT2D eigenvalue weighted by atomic mass is 16.5. The van der Waals surface area contributed by atoms with Crippen molar-refractivity contribution < 1.29 is 9.53 Å². The quantitative estimate of drug-likeness (QED) is 0.840. The van der Waals surface area contributed by atoms with Crippen LogP contribution in [0.2, 0.25) is 0 Å². The van der Waals surface area contributed by atoms with E-state index >= 15 is 0 Å². The molecule has 1 aliphatic rings. The first-order chi connectivity index (χ1) is 8.50. The molecular weight excluding hydrogens is 228 g/mol. The third-order valence-corrected chi connectivity index (χ3v) is 3.31. The Balaban J connectivity index is 1.90. The van der Waals surface area contributed by atoms with Gasteiger partial charge in [-0.2, -0.15) is 0 Å². The second-order valence-corrected chi connectivity index (χ2v) is 5.41. The Morgan fingerprint density at radius 3 is 2.56 bits per heavy atom. The van der Waals surface area contributed by atoms with Crippen LogP contribution in [0.1, 0.15) is 24.1 Å². The van der Waals surface area contributed by atoms with Crippen LogP contribution in [-0.4, -0.2) is 25.7 Å². The standard InChI is InChI=1S/C14H20N2O2/c1-10-3-5-11(6-4-10)12(15)13(17)16-7-14(2)8-18-9-14/h3-6,12H,7-9,15H2,1-2H3,(H,16,17). The van der Waals surface area contributed by atoms with Crippen molar-refractivity contribution in [3.05, 3.63) is 35.4 Å². The monoisotopic (exact) mass is 248 g/mol. The van der Waals surface area contributed by atoms with Crippen LogP contribution in [0.15, 0.2) is 24.3 Å². The minimum atomic E-state index is -0.602. The van der Waals surface area contributed by atoms with Gasteiger partial charge in [0.2, 0.25) is 5.91 Å². The summed E-state index contributed by atoms with van der Waals surface area (Å²) in [5, 5.41) is 2.89. The summed E-state index contributed by atoms with van der Waals surface area (Å²) in [6.45, 7) is 6.12. The largest absolute Gasteiger partial charge is 0.380 e. The Labute approximate surface area is 108 Å². The van der Waals surface area contributed by atoms with Crippen LogP contribution in [0, 0.1) is 12.3 Å². The molecule has 1 aromatic carbocycles. The second-order valence-electron chi connectivity index (χ2n) is 5.41. The second kappa shape index (κ2) is 5.08. The van der Waals surface area contributed by atoms with E-state index in [1.165, 1.54) is 0 Å². The summed E-state index contributed by atoms with van der Waals surface area (Å²) < 4.78 is 5.15. The first-order valence-corrected chi connectivity index (χ1v) is 6.18. The highest BCUT2D eigenvalue weighted by molar-refractivity contribution is 5.82. The Bertz CT molecular complexity index is 424. The third-order valence-electron chi connectivity index (χ3n) is 3.31. The SMILES string of the molecule is Cc1ccc(C(N)C(=O)NCC2(C)COC2)cc1. The summed E-state index contributed by atoms with van der Waals surface area (Å²) in [5.74, 6) is -0.132. The molecular formula is C14H20N2O2. The zero-order valence-electron chi connectivity index (χ0n) is 10.9. The van der Waals surface area contributed by atoms with Gasteiger partial charge < -0.3 is 15.8 Å². The van der Waals surface area contributed by atoms with Crippen molar-refractivity contribution in [2.45, 2.75) is 19.9 Å². The molecule has 0 spiro atoms. The van der Waals surface area contributed by atoms with E-state index < -0.39 is 6.04 Å². The summed E-state index contributed by atoms with van der Waals surface area (Å²) in [5.41, 5.74) is 8.00. The fraction of sp³-hybridized carbons (Fsp3) is 0.500. The first kappa shape index (κ1) is 13.1. The van der Waals surface area contributed by atoms with Crippen molar-refractivity contribution in [1.29, 1.82) is 0 Å². The molecule has 1 saturated heterocycles. The molecule has 4 nitrogen and oxygen atoms in total. The van der Waals surface area contributed by atoms with Crippen molar-refractivity contribution in [2.75, 3.05) is 19.8 Å². The Hall–Kier alpha value is -1.39. The topological polar surface area (TPSA) is 64.4 Å². The molecule has 0 aliphatic carbocycles. The fourth-order valence-electron chi connectivity index (χ4n) is 1.89. The van der Waals surface area contributed by atoms with Crippen LogP contribution >= 0.6 is 0 Å². The summed E-state index contributed by atoms with van der Waals surface area (Å²) in [7, 11) is 0. The number of amides is 1. The van der Waals surface area contributed by atoms with E-state index in [1.54, 1.807) is 0 Å². The summed E-state index contributed by atoms with van der Waals surface area (Å²) >= 11 is 0. The molecule has 1 heterocycles. The van der Waals surface area contributed by atoms with E-state index in [2.05, 4.69) is 12.2 Å². The molecule has 0 radical (unpaired) electrons. The van der Waals surface area contributed by atoms with E-state index in [1.807, 2.05) is 31.2 Å². The predicted octanol–water partition coefficient (Wildman–Crippen LogP) is 1.15. The van der Waals surface area contributed by atoms with Gasteiger partial charge in [-0.25, -0.2) is 0 Å².